The minimum atomic E-state index is -0.0849. The van der Waals surface area contributed by atoms with E-state index < -0.39 is 0 Å². The molecule has 1 amide bonds. The van der Waals surface area contributed by atoms with Crippen molar-refractivity contribution in [3.05, 3.63) is 28.8 Å². The molecule has 1 N–H and O–H groups in total. The zero-order chi connectivity index (χ0) is 11.3. The van der Waals surface area contributed by atoms with Crippen molar-refractivity contribution in [2.45, 2.75) is 19.8 Å². The average Bonchev–Trinajstić information content (AvgIpc) is 2.22. The third-order valence-corrected chi connectivity index (χ3v) is 2.45. The number of halogens is 1. The van der Waals surface area contributed by atoms with Crippen LogP contribution in [-0.4, -0.2) is 5.91 Å². The predicted octanol–water partition coefficient (Wildman–Crippen LogP) is 3.00. The fourth-order valence-corrected chi connectivity index (χ4v) is 1.32. The maximum absolute atomic E-state index is 11.4. The molecule has 0 radical (unpaired) electrons. The first-order valence-electron chi connectivity index (χ1n) is 4.63. The van der Waals surface area contributed by atoms with Crippen molar-refractivity contribution in [2.75, 3.05) is 5.32 Å². The molecule has 2 nitrogen and oxygen atoms in total. The summed E-state index contributed by atoms with van der Waals surface area (Å²) in [5.41, 5.74) is 1.61. The Bertz CT molecular complexity index is 407. The number of terminal acetylenes is 1. The summed E-state index contributed by atoms with van der Waals surface area (Å²) >= 11 is 5.92. The summed E-state index contributed by atoms with van der Waals surface area (Å²) in [7, 11) is 0. The molecule has 0 heterocycles. The van der Waals surface area contributed by atoms with Gasteiger partial charge in [-0.15, -0.1) is 12.3 Å². The van der Waals surface area contributed by atoms with E-state index in [2.05, 4.69) is 11.2 Å². The highest BCUT2D eigenvalue weighted by Crippen LogP contribution is 2.22. The number of carbonyl (C=O) groups is 1. The molecule has 78 valence electrons. The van der Waals surface area contributed by atoms with E-state index in [0.717, 1.165) is 11.3 Å². The average molecular weight is 222 g/mol. The van der Waals surface area contributed by atoms with Gasteiger partial charge in [0.1, 0.15) is 0 Å². The number of rotatable bonds is 3. The van der Waals surface area contributed by atoms with Gasteiger partial charge in [0.25, 0.3) is 0 Å². The molecule has 0 saturated heterocycles. The first-order valence-corrected chi connectivity index (χ1v) is 5.01. The molecule has 0 bridgehead atoms. The predicted molar refractivity (Wildman–Crippen MR) is 62.9 cm³/mol. The smallest absolute Gasteiger partial charge is 0.225 e. The van der Waals surface area contributed by atoms with Crippen LogP contribution in [0.1, 0.15) is 18.4 Å². The lowest BCUT2D eigenvalue weighted by molar-refractivity contribution is -0.116. The van der Waals surface area contributed by atoms with Gasteiger partial charge in [-0.3, -0.25) is 4.79 Å². The number of benzene rings is 1. The van der Waals surface area contributed by atoms with Crippen LogP contribution in [0.5, 0.6) is 0 Å². The van der Waals surface area contributed by atoms with Gasteiger partial charge in [-0.25, -0.2) is 0 Å². The van der Waals surface area contributed by atoms with Gasteiger partial charge < -0.3 is 5.32 Å². The molecule has 1 aromatic rings. The van der Waals surface area contributed by atoms with Crippen molar-refractivity contribution in [1.29, 1.82) is 0 Å². The molecular formula is C12H12ClNO. The van der Waals surface area contributed by atoms with Crippen molar-refractivity contribution in [1.82, 2.24) is 0 Å². The Balaban J connectivity index is 2.69. The topological polar surface area (TPSA) is 29.1 Å². The zero-order valence-corrected chi connectivity index (χ0v) is 9.27. The van der Waals surface area contributed by atoms with E-state index in [-0.39, 0.29) is 5.91 Å². The summed E-state index contributed by atoms with van der Waals surface area (Å²) in [4.78, 5) is 11.4. The SMILES string of the molecule is C#CCCC(=O)Nc1cccc(Cl)c1C. The molecule has 0 atom stereocenters. The quantitative estimate of drug-likeness (QED) is 0.782. The van der Waals surface area contributed by atoms with Crippen molar-refractivity contribution in [3.8, 4) is 12.3 Å². The van der Waals surface area contributed by atoms with Crippen molar-refractivity contribution in [2.24, 2.45) is 0 Å². The van der Waals surface area contributed by atoms with Crippen LogP contribution in [-0.2, 0) is 4.79 Å². The van der Waals surface area contributed by atoms with Crippen LogP contribution in [0.15, 0.2) is 18.2 Å². The number of anilines is 1. The molecule has 1 aromatic carbocycles. The molecule has 3 heteroatoms. The van der Waals surface area contributed by atoms with Crippen LogP contribution in [0.3, 0.4) is 0 Å². The summed E-state index contributed by atoms with van der Waals surface area (Å²) in [5, 5.41) is 3.41. The molecule has 0 spiro atoms. The number of amides is 1. The maximum Gasteiger partial charge on any atom is 0.225 e. The molecule has 0 aromatic heterocycles. The summed E-state index contributed by atoms with van der Waals surface area (Å²) in [6.07, 6.45) is 5.86. The fraction of sp³-hybridized carbons (Fsp3) is 0.250. The van der Waals surface area contributed by atoms with Gasteiger partial charge in [0, 0.05) is 23.6 Å². The number of carbonyl (C=O) groups excluding carboxylic acids is 1. The second-order valence-corrected chi connectivity index (χ2v) is 3.57. The molecule has 0 fully saturated rings. The third kappa shape index (κ3) is 3.30. The van der Waals surface area contributed by atoms with E-state index in [1.54, 1.807) is 12.1 Å². The summed E-state index contributed by atoms with van der Waals surface area (Å²) in [6, 6.07) is 5.40. The standard InChI is InChI=1S/C12H12ClNO/c1-3-4-8-12(15)14-11-7-5-6-10(13)9(11)2/h1,5-7H,4,8H2,2H3,(H,14,15). The highest BCUT2D eigenvalue weighted by atomic mass is 35.5. The summed E-state index contributed by atoms with van der Waals surface area (Å²) in [5.74, 6) is 2.34. The fourth-order valence-electron chi connectivity index (χ4n) is 1.14. The van der Waals surface area contributed by atoms with Crippen LogP contribution in [0, 0.1) is 19.3 Å². The normalized spacial score (nSPS) is 9.40. The Hall–Kier alpha value is -1.46. The number of hydrogen-bond acceptors (Lipinski definition) is 1. The lowest BCUT2D eigenvalue weighted by atomic mass is 10.2. The Labute approximate surface area is 94.6 Å². The van der Waals surface area contributed by atoms with Crippen LogP contribution in [0.25, 0.3) is 0 Å². The Morgan fingerprint density at radius 2 is 2.33 bits per heavy atom. The second-order valence-electron chi connectivity index (χ2n) is 3.16. The highest BCUT2D eigenvalue weighted by molar-refractivity contribution is 6.31. The first-order chi connectivity index (χ1) is 7.15. The van der Waals surface area contributed by atoms with E-state index in [1.807, 2.05) is 13.0 Å². The lowest BCUT2D eigenvalue weighted by Crippen LogP contribution is -2.11. The van der Waals surface area contributed by atoms with E-state index in [4.69, 9.17) is 18.0 Å². The number of hydrogen-bond donors (Lipinski definition) is 1. The molecular weight excluding hydrogens is 210 g/mol. The van der Waals surface area contributed by atoms with Crippen LogP contribution in [0.4, 0.5) is 5.69 Å². The van der Waals surface area contributed by atoms with Crippen LogP contribution < -0.4 is 5.32 Å². The molecule has 0 aliphatic heterocycles. The molecule has 1 rings (SSSR count). The summed E-state index contributed by atoms with van der Waals surface area (Å²) in [6.45, 7) is 1.86. The maximum atomic E-state index is 11.4. The van der Waals surface area contributed by atoms with Crippen LogP contribution in [0.2, 0.25) is 5.02 Å². The molecule has 0 aliphatic carbocycles. The second kappa shape index (κ2) is 5.43. The lowest BCUT2D eigenvalue weighted by Gasteiger charge is -2.08. The van der Waals surface area contributed by atoms with Gasteiger partial charge in [0.05, 0.1) is 0 Å². The Kier molecular flexibility index (Phi) is 4.20. The monoisotopic (exact) mass is 221 g/mol. The van der Waals surface area contributed by atoms with Gasteiger partial charge in [-0.05, 0) is 24.6 Å². The molecule has 0 saturated carbocycles. The third-order valence-electron chi connectivity index (χ3n) is 2.04. The van der Waals surface area contributed by atoms with E-state index in [1.165, 1.54) is 0 Å². The van der Waals surface area contributed by atoms with Crippen molar-refractivity contribution < 1.29 is 4.79 Å². The Morgan fingerprint density at radius 1 is 1.60 bits per heavy atom. The van der Waals surface area contributed by atoms with E-state index in [0.29, 0.717) is 17.9 Å². The zero-order valence-electron chi connectivity index (χ0n) is 8.51. The first kappa shape index (κ1) is 11.6. The van der Waals surface area contributed by atoms with Gasteiger partial charge in [0.15, 0.2) is 0 Å². The molecule has 0 aliphatic rings. The molecule has 15 heavy (non-hydrogen) atoms. The largest absolute Gasteiger partial charge is 0.326 e. The van der Waals surface area contributed by atoms with Crippen molar-refractivity contribution >= 4 is 23.2 Å². The van der Waals surface area contributed by atoms with Gasteiger partial charge in [0.2, 0.25) is 5.91 Å². The summed E-state index contributed by atoms with van der Waals surface area (Å²) < 4.78 is 0. The minimum Gasteiger partial charge on any atom is -0.326 e. The van der Waals surface area contributed by atoms with Gasteiger partial charge in [-0.2, -0.15) is 0 Å². The van der Waals surface area contributed by atoms with E-state index >= 15 is 0 Å². The highest BCUT2D eigenvalue weighted by Gasteiger charge is 2.05. The van der Waals surface area contributed by atoms with Crippen molar-refractivity contribution in [3.63, 3.8) is 0 Å². The van der Waals surface area contributed by atoms with E-state index in [9.17, 15) is 4.79 Å². The number of nitrogens with one attached hydrogen (secondary N) is 1. The van der Waals surface area contributed by atoms with Gasteiger partial charge in [-0.1, -0.05) is 17.7 Å². The minimum absolute atomic E-state index is 0.0849. The Morgan fingerprint density at radius 3 is 3.00 bits per heavy atom. The van der Waals surface area contributed by atoms with Crippen LogP contribution >= 0.6 is 11.6 Å². The molecule has 0 unspecified atom stereocenters. The van der Waals surface area contributed by atoms with Gasteiger partial charge >= 0.3 is 0 Å².